The van der Waals surface area contributed by atoms with Crippen LogP contribution in [0.3, 0.4) is 0 Å². The highest BCUT2D eigenvalue weighted by molar-refractivity contribution is 5.85. The van der Waals surface area contributed by atoms with E-state index in [-0.39, 0.29) is 6.04 Å². The average Bonchev–Trinajstić information content (AvgIpc) is 2.55. The van der Waals surface area contributed by atoms with E-state index in [1.807, 2.05) is 49.5 Å². The van der Waals surface area contributed by atoms with E-state index in [1.54, 1.807) is 12.4 Å². The summed E-state index contributed by atoms with van der Waals surface area (Å²) in [5, 5.41) is 4.19. The van der Waals surface area contributed by atoms with Gasteiger partial charge in [-0.2, -0.15) is 0 Å². The van der Waals surface area contributed by atoms with Gasteiger partial charge in [0.2, 0.25) is 5.88 Å². The minimum atomic E-state index is 0.254. The molecule has 2 aromatic heterocycles. The molecule has 2 heterocycles. The molecule has 21 heavy (non-hydrogen) atoms. The van der Waals surface area contributed by atoms with E-state index in [2.05, 4.69) is 22.2 Å². The van der Waals surface area contributed by atoms with Gasteiger partial charge in [-0.3, -0.25) is 4.98 Å². The van der Waals surface area contributed by atoms with Crippen molar-refractivity contribution in [3.63, 3.8) is 0 Å². The second-order valence-corrected chi connectivity index (χ2v) is 4.87. The largest absolute Gasteiger partial charge is 0.438 e. The maximum Gasteiger partial charge on any atom is 0.219 e. The van der Waals surface area contributed by atoms with E-state index in [1.165, 1.54) is 0 Å². The van der Waals surface area contributed by atoms with Crippen LogP contribution < -0.4 is 10.1 Å². The van der Waals surface area contributed by atoms with Crippen LogP contribution in [0.15, 0.2) is 54.9 Å². The number of pyridine rings is 2. The first kappa shape index (κ1) is 13.5. The van der Waals surface area contributed by atoms with Crippen molar-refractivity contribution in [1.82, 2.24) is 15.3 Å². The Hall–Kier alpha value is -2.46. The lowest BCUT2D eigenvalue weighted by atomic mass is 10.1. The van der Waals surface area contributed by atoms with Crippen molar-refractivity contribution < 1.29 is 4.74 Å². The fraction of sp³-hybridized carbons (Fsp3) is 0.176. The highest BCUT2D eigenvalue weighted by Crippen LogP contribution is 2.28. The molecule has 4 nitrogen and oxygen atoms in total. The number of nitrogens with one attached hydrogen (secondary N) is 1. The Balaban J connectivity index is 1.95. The van der Waals surface area contributed by atoms with Crippen LogP contribution in [0.1, 0.15) is 18.5 Å². The van der Waals surface area contributed by atoms with Crippen LogP contribution in [0.5, 0.6) is 11.6 Å². The van der Waals surface area contributed by atoms with E-state index in [9.17, 15) is 0 Å². The zero-order valence-electron chi connectivity index (χ0n) is 12.1. The molecule has 0 spiro atoms. The number of fused-ring (bicyclic) bond motifs is 1. The summed E-state index contributed by atoms with van der Waals surface area (Å²) in [5.41, 5.74) is 2.05. The number of hydrogen-bond donors (Lipinski definition) is 1. The zero-order chi connectivity index (χ0) is 14.7. The summed E-state index contributed by atoms with van der Waals surface area (Å²) in [6.07, 6.45) is 3.54. The number of ether oxygens (including phenoxy) is 1. The molecule has 4 heteroatoms. The minimum absolute atomic E-state index is 0.254. The summed E-state index contributed by atoms with van der Waals surface area (Å²) in [6, 6.07) is 13.9. The maximum absolute atomic E-state index is 5.95. The molecule has 1 atom stereocenters. The van der Waals surface area contributed by atoms with Gasteiger partial charge < -0.3 is 10.1 Å². The SMILES string of the molecule is CNC(C)c1ccnc(Oc2cccc3ncccc23)c1. The Morgan fingerprint density at radius 1 is 1.05 bits per heavy atom. The molecule has 0 radical (unpaired) electrons. The van der Waals surface area contributed by atoms with Crippen molar-refractivity contribution in [2.45, 2.75) is 13.0 Å². The van der Waals surface area contributed by atoms with E-state index in [4.69, 9.17) is 4.74 Å². The van der Waals surface area contributed by atoms with Crippen LogP contribution >= 0.6 is 0 Å². The van der Waals surface area contributed by atoms with Crippen LogP contribution in [0.4, 0.5) is 0 Å². The topological polar surface area (TPSA) is 47.0 Å². The first-order chi connectivity index (χ1) is 10.3. The van der Waals surface area contributed by atoms with Crippen molar-refractivity contribution in [2.24, 2.45) is 0 Å². The number of aromatic nitrogens is 2. The molecule has 0 saturated heterocycles. The molecule has 3 aromatic rings. The predicted molar refractivity (Wildman–Crippen MR) is 83.5 cm³/mol. The first-order valence-electron chi connectivity index (χ1n) is 6.93. The lowest BCUT2D eigenvalue weighted by molar-refractivity contribution is 0.466. The second kappa shape index (κ2) is 5.89. The van der Waals surface area contributed by atoms with Crippen LogP contribution in [0, 0.1) is 0 Å². The quantitative estimate of drug-likeness (QED) is 0.791. The molecule has 106 valence electrons. The van der Waals surface area contributed by atoms with E-state index in [0.29, 0.717) is 5.88 Å². The van der Waals surface area contributed by atoms with Crippen molar-refractivity contribution in [3.8, 4) is 11.6 Å². The molecule has 1 aromatic carbocycles. The van der Waals surface area contributed by atoms with Gasteiger partial charge in [0, 0.05) is 29.9 Å². The molecule has 1 N–H and O–H groups in total. The van der Waals surface area contributed by atoms with Gasteiger partial charge in [-0.05, 0) is 49.9 Å². The average molecular weight is 279 g/mol. The normalized spacial score (nSPS) is 12.3. The Morgan fingerprint density at radius 2 is 1.95 bits per heavy atom. The summed E-state index contributed by atoms with van der Waals surface area (Å²) >= 11 is 0. The third-order valence-electron chi connectivity index (χ3n) is 3.51. The van der Waals surface area contributed by atoms with Crippen LogP contribution in [0.25, 0.3) is 10.9 Å². The first-order valence-corrected chi connectivity index (χ1v) is 6.93. The highest BCUT2D eigenvalue weighted by atomic mass is 16.5. The highest BCUT2D eigenvalue weighted by Gasteiger charge is 2.07. The lowest BCUT2D eigenvalue weighted by Gasteiger charge is -2.12. The molecule has 0 aliphatic carbocycles. The molecule has 0 aliphatic rings. The fourth-order valence-electron chi connectivity index (χ4n) is 2.19. The van der Waals surface area contributed by atoms with E-state index >= 15 is 0 Å². The standard InChI is InChI=1S/C17H17N3O/c1-12(18-2)13-8-10-20-17(11-13)21-16-7-3-6-15-14(16)5-4-9-19-15/h3-12,18H,1-2H3. The summed E-state index contributed by atoms with van der Waals surface area (Å²) in [6.45, 7) is 2.10. The predicted octanol–water partition coefficient (Wildman–Crippen LogP) is 3.70. The molecular formula is C17H17N3O. The van der Waals surface area contributed by atoms with Crippen molar-refractivity contribution in [2.75, 3.05) is 7.05 Å². The Bertz CT molecular complexity index is 752. The number of rotatable bonds is 4. The van der Waals surface area contributed by atoms with Crippen LogP contribution in [-0.2, 0) is 0 Å². The summed E-state index contributed by atoms with van der Waals surface area (Å²) in [5.74, 6) is 1.35. The van der Waals surface area contributed by atoms with Crippen molar-refractivity contribution >= 4 is 10.9 Å². The molecule has 0 fully saturated rings. The monoisotopic (exact) mass is 279 g/mol. The minimum Gasteiger partial charge on any atom is -0.438 e. The number of hydrogen-bond acceptors (Lipinski definition) is 4. The third-order valence-corrected chi connectivity index (χ3v) is 3.51. The smallest absolute Gasteiger partial charge is 0.219 e. The molecular weight excluding hydrogens is 262 g/mol. The van der Waals surface area contributed by atoms with Crippen LogP contribution in [0.2, 0.25) is 0 Å². The van der Waals surface area contributed by atoms with Gasteiger partial charge in [0.1, 0.15) is 5.75 Å². The molecule has 0 bridgehead atoms. The summed E-state index contributed by atoms with van der Waals surface area (Å²) < 4.78 is 5.95. The van der Waals surface area contributed by atoms with Gasteiger partial charge >= 0.3 is 0 Å². The summed E-state index contributed by atoms with van der Waals surface area (Å²) in [4.78, 5) is 8.62. The molecule has 0 aliphatic heterocycles. The van der Waals surface area contributed by atoms with Gasteiger partial charge in [0.15, 0.2) is 0 Å². The van der Waals surface area contributed by atoms with Crippen LogP contribution in [-0.4, -0.2) is 17.0 Å². The molecule has 0 saturated carbocycles. The Morgan fingerprint density at radius 3 is 2.81 bits per heavy atom. The van der Waals surface area contributed by atoms with Crippen molar-refractivity contribution in [1.29, 1.82) is 0 Å². The number of nitrogens with zero attached hydrogens (tertiary/aromatic N) is 2. The molecule has 3 rings (SSSR count). The van der Waals surface area contributed by atoms with Gasteiger partial charge in [-0.25, -0.2) is 4.98 Å². The van der Waals surface area contributed by atoms with Gasteiger partial charge in [0.05, 0.1) is 5.52 Å². The van der Waals surface area contributed by atoms with Crippen molar-refractivity contribution in [3.05, 3.63) is 60.4 Å². The lowest BCUT2D eigenvalue weighted by Crippen LogP contribution is -2.12. The Kier molecular flexibility index (Phi) is 3.79. The van der Waals surface area contributed by atoms with E-state index < -0.39 is 0 Å². The Labute approximate surface area is 123 Å². The fourth-order valence-corrected chi connectivity index (χ4v) is 2.19. The maximum atomic E-state index is 5.95. The number of benzene rings is 1. The zero-order valence-corrected chi connectivity index (χ0v) is 12.1. The summed E-state index contributed by atoms with van der Waals surface area (Å²) in [7, 11) is 1.93. The molecule has 1 unspecified atom stereocenters. The van der Waals surface area contributed by atoms with Gasteiger partial charge in [0.25, 0.3) is 0 Å². The van der Waals surface area contributed by atoms with E-state index in [0.717, 1.165) is 22.2 Å². The van der Waals surface area contributed by atoms with Gasteiger partial charge in [-0.15, -0.1) is 0 Å². The third kappa shape index (κ3) is 2.85. The molecule has 0 amide bonds. The second-order valence-electron chi connectivity index (χ2n) is 4.87. The van der Waals surface area contributed by atoms with Gasteiger partial charge in [-0.1, -0.05) is 6.07 Å².